The number of nitrogens with one attached hydrogen (secondary N) is 2. The van der Waals surface area contributed by atoms with Crippen LogP contribution in [-0.2, 0) is 0 Å². The van der Waals surface area contributed by atoms with Gasteiger partial charge in [0.25, 0.3) is 0 Å². The van der Waals surface area contributed by atoms with E-state index in [1.54, 1.807) is 0 Å². The summed E-state index contributed by atoms with van der Waals surface area (Å²) in [4.78, 5) is 0. The minimum atomic E-state index is 0.365. The van der Waals surface area contributed by atoms with Gasteiger partial charge in [-0.25, -0.2) is 0 Å². The lowest BCUT2D eigenvalue weighted by Gasteiger charge is -2.24. The average molecular weight is 217 g/mol. The molecule has 1 saturated heterocycles. The number of hydrogen-bond acceptors (Lipinski definition) is 3. The first-order chi connectivity index (χ1) is 7.70. The van der Waals surface area contributed by atoms with E-state index in [4.69, 9.17) is 11.1 Å². The van der Waals surface area contributed by atoms with Crippen LogP contribution >= 0.6 is 0 Å². The maximum absolute atomic E-state index is 8.30. The normalized spacial score (nSPS) is 17.3. The zero-order valence-corrected chi connectivity index (χ0v) is 9.72. The monoisotopic (exact) mass is 217 g/mol. The summed E-state index contributed by atoms with van der Waals surface area (Å²) in [7, 11) is 0. The number of nitrogens with two attached hydrogens (primary N) is 1. The lowest BCUT2D eigenvalue weighted by molar-refractivity contribution is 0.456. The van der Waals surface area contributed by atoms with Crippen molar-refractivity contribution in [2.24, 2.45) is 5.92 Å². The fourth-order valence-electron chi connectivity index (χ4n) is 2.37. The predicted molar refractivity (Wildman–Crippen MR) is 68.0 cm³/mol. The highest BCUT2D eigenvalue weighted by molar-refractivity contribution is 6.05. The Labute approximate surface area is 96.6 Å². The molecule has 1 aliphatic heterocycles. The van der Waals surface area contributed by atoms with E-state index >= 15 is 0 Å². The maximum atomic E-state index is 8.30. The summed E-state index contributed by atoms with van der Waals surface area (Å²) >= 11 is 0. The van der Waals surface area contributed by atoms with Crippen LogP contribution in [-0.4, -0.2) is 18.8 Å². The van der Waals surface area contributed by atoms with E-state index in [0.29, 0.717) is 5.92 Å². The van der Waals surface area contributed by atoms with Crippen molar-refractivity contribution >= 4 is 11.4 Å². The standard InChI is InChI=1S/C13H19N3/c1-9-3-2-4-11(14)12(9)13(15)10-5-7-16-8-6-10/h2-4,10,15-16H,5-8,14H2,1H3. The van der Waals surface area contributed by atoms with Crippen LogP contribution in [0.3, 0.4) is 0 Å². The maximum Gasteiger partial charge on any atom is 0.0441 e. The zero-order chi connectivity index (χ0) is 11.5. The second-order valence-corrected chi connectivity index (χ2v) is 4.48. The van der Waals surface area contributed by atoms with Gasteiger partial charge in [-0.15, -0.1) is 0 Å². The van der Waals surface area contributed by atoms with Crippen LogP contribution in [0.4, 0.5) is 5.69 Å². The summed E-state index contributed by atoms with van der Waals surface area (Å²) in [5.74, 6) is 0.365. The molecule has 0 saturated carbocycles. The lowest BCUT2D eigenvalue weighted by atomic mass is 9.86. The van der Waals surface area contributed by atoms with Crippen molar-refractivity contribution in [1.82, 2.24) is 5.32 Å². The molecule has 1 aliphatic rings. The molecule has 1 heterocycles. The van der Waals surface area contributed by atoms with Crippen LogP contribution in [0, 0.1) is 18.3 Å². The first-order valence-corrected chi connectivity index (χ1v) is 5.84. The van der Waals surface area contributed by atoms with Gasteiger partial charge in [0.05, 0.1) is 0 Å². The summed E-state index contributed by atoms with van der Waals surface area (Å²) in [5, 5.41) is 11.6. The third-order valence-corrected chi connectivity index (χ3v) is 3.32. The fraction of sp³-hybridized carbons (Fsp3) is 0.462. The Hall–Kier alpha value is -1.35. The van der Waals surface area contributed by atoms with Gasteiger partial charge in [-0.2, -0.15) is 0 Å². The molecule has 3 nitrogen and oxygen atoms in total. The Balaban J connectivity index is 2.26. The summed E-state index contributed by atoms with van der Waals surface area (Å²) in [6.07, 6.45) is 2.10. The topological polar surface area (TPSA) is 61.9 Å². The van der Waals surface area contributed by atoms with Crippen LogP contribution in [0.5, 0.6) is 0 Å². The van der Waals surface area contributed by atoms with E-state index in [1.807, 2.05) is 25.1 Å². The summed E-state index contributed by atoms with van der Waals surface area (Å²) in [5.41, 5.74) is 9.50. The highest BCUT2D eigenvalue weighted by atomic mass is 14.9. The van der Waals surface area contributed by atoms with Gasteiger partial charge >= 0.3 is 0 Å². The highest BCUT2D eigenvalue weighted by Crippen LogP contribution is 2.24. The number of anilines is 1. The van der Waals surface area contributed by atoms with Crippen molar-refractivity contribution < 1.29 is 0 Å². The molecule has 1 fully saturated rings. The molecule has 86 valence electrons. The van der Waals surface area contributed by atoms with E-state index < -0.39 is 0 Å². The van der Waals surface area contributed by atoms with Crippen LogP contribution in [0.15, 0.2) is 18.2 Å². The molecule has 0 radical (unpaired) electrons. The molecule has 0 bridgehead atoms. The molecule has 0 aliphatic carbocycles. The fourth-order valence-corrected chi connectivity index (χ4v) is 2.37. The summed E-state index contributed by atoms with van der Waals surface area (Å²) in [6, 6.07) is 5.86. The predicted octanol–water partition coefficient (Wildman–Crippen LogP) is 1.94. The molecule has 16 heavy (non-hydrogen) atoms. The van der Waals surface area contributed by atoms with Crippen molar-refractivity contribution in [2.75, 3.05) is 18.8 Å². The van der Waals surface area contributed by atoms with Crippen LogP contribution in [0.25, 0.3) is 0 Å². The minimum Gasteiger partial charge on any atom is -0.398 e. The van der Waals surface area contributed by atoms with Gasteiger partial charge in [0.1, 0.15) is 0 Å². The number of nitrogen functional groups attached to an aromatic ring is 1. The largest absolute Gasteiger partial charge is 0.398 e. The van der Waals surface area contributed by atoms with E-state index in [2.05, 4.69) is 5.32 Å². The molecule has 1 aromatic rings. The van der Waals surface area contributed by atoms with E-state index in [9.17, 15) is 0 Å². The number of aryl methyl sites for hydroxylation is 1. The van der Waals surface area contributed by atoms with Crippen molar-refractivity contribution in [3.8, 4) is 0 Å². The summed E-state index contributed by atoms with van der Waals surface area (Å²) < 4.78 is 0. The van der Waals surface area contributed by atoms with Crippen molar-refractivity contribution in [1.29, 1.82) is 5.41 Å². The number of benzene rings is 1. The molecular formula is C13H19N3. The number of hydrogen-bond donors (Lipinski definition) is 3. The first kappa shape index (κ1) is 11.1. The molecule has 0 spiro atoms. The Kier molecular flexibility index (Phi) is 3.25. The van der Waals surface area contributed by atoms with Gasteiger partial charge in [-0.3, -0.25) is 0 Å². The molecule has 0 aromatic heterocycles. The average Bonchev–Trinajstić information content (AvgIpc) is 2.30. The quantitative estimate of drug-likeness (QED) is 0.523. The zero-order valence-electron chi connectivity index (χ0n) is 9.72. The van der Waals surface area contributed by atoms with Gasteiger partial charge < -0.3 is 16.5 Å². The molecule has 0 unspecified atom stereocenters. The van der Waals surface area contributed by atoms with Gasteiger partial charge in [-0.05, 0) is 44.5 Å². The van der Waals surface area contributed by atoms with Gasteiger partial charge in [0.15, 0.2) is 0 Å². The second kappa shape index (κ2) is 4.66. The SMILES string of the molecule is Cc1cccc(N)c1C(=N)C1CCNCC1. The van der Waals surface area contributed by atoms with E-state index in [0.717, 1.165) is 48.5 Å². The van der Waals surface area contributed by atoms with Crippen LogP contribution in [0.2, 0.25) is 0 Å². The molecule has 0 atom stereocenters. The number of rotatable bonds is 2. The van der Waals surface area contributed by atoms with Crippen molar-refractivity contribution in [2.45, 2.75) is 19.8 Å². The molecule has 4 N–H and O–H groups in total. The first-order valence-electron chi connectivity index (χ1n) is 5.84. The van der Waals surface area contributed by atoms with Crippen molar-refractivity contribution in [3.63, 3.8) is 0 Å². The lowest BCUT2D eigenvalue weighted by Crippen LogP contribution is -2.32. The second-order valence-electron chi connectivity index (χ2n) is 4.48. The molecule has 3 heteroatoms. The van der Waals surface area contributed by atoms with Gasteiger partial charge in [0, 0.05) is 22.9 Å². The Morgan fingerprint density at radius 3 is 2.69 bits per heavy atom. The van der Waals surface area contributed by atoms with Crippen molar-refractivity contribution in [3.05, 3.63) is 29.3 Å². The Bertz CT molecular complexity index is 372. The molecule has 1 aromatic carbocycles. The van der Waals surface area contributed by atoms with Gasteiger partial charge in [-0.1, -0.05) is 12.1 Å². The van der Waals surface area contributed by atoms with Gasteiger partial charge in [0.2, 0.25) is 0 Å². The van der Waals surface area contributed by atoms with Crippen LogP contribution in [0.1, 0.15) is 24.0 Å². The Morgan fingerprint density at radius 2 is 2.06 bits per heavy atom. The summed E-state index contributed by atoms with van der Waals surface area (Å²) in [6.45, 7) is 4.05. The number of piperidine rings is 1. The minimum absolute atomic E-state index is 0.365. The molecule has 2 rings (SSSR count). The third-order valence-electron chi connectivity index (χ3n) is 3.32. The smallest absolute Gasteiger partial charge is 0.0441 e. The highest BCUT2D eigenvalue weighted by Gasteiger charge is 2.21. The van der Waals surface area contributed by atoms with Crippen LogP contribution < -0.4 is 11.1 Å². The van der Waals surface area contributed by atoms with E-state index in [1.165, 1.54) is 0 Å². The Morgan fingerprint density at radius 1 is 1.38 bits per heavy atom. The van der Waals surface area contributed by atoms with E-state index in [-0.39, 0.29) is 0 Å². The molecule has 0 amide bonds. The third kappa shape index (κ3) is 2.09. The molecular weight excluding hydrogens is 198 g/mol.